The summed E-state index contributed by atoms with van der Waals surface area (Å²) in [5, 5.41) is 7.90. The smallest absolute Gasteiger partial charge is 0.0882 e. The van der Waals surface area contributed by atoms with E-state index in [4.69, 9.17) is 11.5 Å². The van der Waals surface area contributed by atoms with Crippen molar-refractivity contribution in [3.8, 4) is 0 Å². The van der Waals surface area contributed by atoms with Crippen molar-refractivity contribution in [3.05, 3.63) is 23.9 Å². The standard InChI is InChI=1S/C9H12N4/c10-4-3-6-1-2-8(11)9-7(6)5-12-13-9/h1-2,5H,3-4,10-11H2,(H,12,13). The average molecular weight is 176 g/mol. The van der Waals surface area contributed by atoms with Gasteiger partial charge in [0.15, 0.2) is 0 Å². The summed E-state index contributed by atoms with van der Waals surface area (Å²) in [7, 11) is 0. The van der Waals surface area contributed by atoms with E-state index in [1.165, 1.54) is 5.56 Å². The second-order valence-corrected chi connectivity index (χ2v) is 3.01. The van der Waals surface area contributed by atoms with E-state index in [1.54, 1.807) is 6.20 Å². The van der Waals surface area contributed by atoms with Crippen molar-refractivity contribution in [1.29, 1.82) is 0 Å². The normalized spacial score (nSPS) is 10.8. The molecule has 0 radical (unpaired) electrons. The fourth-order valence-electron chi connectivity index (χ4n) is 1.49. The topological polar surface area (TPSA) is 80.7 Å². The van der Waals surface area contributed by atoms with Crippen LogP contribution in [0.2, 0.25) is 0 Å². The van der Waals surface area contributed by atoms with Crippen LogP contribution in [-0.2, 0) is 6.42 Å². The Morgan fingerprint density at radius 2 is 2.23 bits per heavy atom. The summed E-state index contributed by atoms with van der Waals surface area (Å²) in [6.45, 7) is 0.643. The van der Waals surface area contributed by atoms with Crippen molar-refractivity contribution in [1.82, 2.24) is 10.2 Å². The number of H-pyrrole nitrogens is 1. The third kappa shape index (κ3) is 1.25. The molecule has 0 unspecified atom stereocenters. The predicted octanol–water partition coefficient (Wildman–Crippen LogP) is 0.646. The Hall–Kier alpha value is -1.55. The maximum Gasteiger partial charge on any atom is 0.0882 e. The van der Waals surface area contributed by atoms with Crippen molar-refractivity contribution in [3.63, 3.8) is 0 Å². The lowest BCUT2D eigenvalue weighted by Gasteiger charge is -2.02. The lowest BCUT2D eigenvalue weighted by Crippen LogP contribution is -2.03. The highest BCUT2D eigenvalue weighted by molar-refractivity contribution is 5.91. The number of fused-ring (bicyclic) bond motifs is 1. The maximum atomic E-state index is 5.76. The third-order valence-corrected chi connectivity index (χ3v) is 2.15. The molecule has 0 atom stereocenters. The van der Waals surface area contributed by atoms with Gasteiger partial charge in [0.25, 0.3) is 0 Å². The van der Waals surface area contributed by atoms with Crippen LogP contribution in [0.15, 0.2) is 18.3 Å². The highest BCUT2D eigenvalue weighted by Crippen LogP contribution is 2.22. The van der Waals surface area contributed by atoms with Gasteiger partial charge in [-0.2, -0.15) is 5.10 Å². The first-order valence-corrected chi connectivity index (χ1v) is 4.23. The second-order valence-electron chi connectivity index (χ2n) is 3.01. The SMILES string of the molecule is NCCc1ccc(N)c2[nH]ncc12. The molecule has 5 N–H and O–H groups in total. The first-order valence-electron chi connectivity index (χ1n) is 4.23. The van der Waals surface area contributed by atoms with Gasteiger partial charge in [-0.05, 0) is 24.6 Å². The molecule has 2 aromatic rings. The van der Waals surface area contributed by atoms with Gasteiger partial charge in [0.05, 0.1) is 17.4 Å². The molecule has 0 fully saturated rings. The zero-order valence-electron chi connectivity index (χ0n) is 7.25. The van der Waals surface area contributed by atoms with Gasteiger partial charge >= 0.3 is 0 Å². The number of nitrogens with zero attached hydrogens (tertiary/aromatic N) is 1. The Labute approximate surface area is 75.9 Å². The number of nitrogens with two attached hydrogens (primary N) is 2. The van der Waals surface area contributed by atoms with E-state index < -0.39 is 0 Å². The number of aromatic amines is 1. The van der Waals surface area contributed by atoms with Gasteiger partial charge in [-0.15, -0.1) is 0 Å². The molecule has 0 saturated heterocycles. The summed E-state index contributed by atoms with van der Waals surface area (Å²) >= 11 is 0. The molecule has 0 aliphatic carbocycles. The van der Waals surface area contributed by atoms with E-state index in [0.717, 1.165) is 23.0 Å². The van der Waals surface area contributed by atoms with Gasteiger partial charge in [-0.25, -0.2) is 0 Å². The van der Waals surface area contributed by atoms with Gasteiger partial charge in [0.2, 0.25) is 0 Å². The quantitative estimate of drug-likeness (QED) is 0.587. The number of nitrogen functional groups attached to an aromatic ring is 1. The van der Waals surface area contributed by atoms with Crippen LogP contribution in [0.25, 0.3) is 10.9 Å². The molecular weight excluding hydrogens is 164 g/mol. The number of hydrogen-bond donors (Lipinski definition) is 3. The van der Waals surface area contributed by atoms with E-state index in [-0.39, 0.29) is 0 Å². The molecule has 1 aromatic heterocycles. The van der Waals surface area contributed by atoms with Gasteiger partial charge in [0.1, 0.15) is 0 Å². The molecule has 0 bridgehead atoms. The summed E-state index contributed by atoms with van der Waals surface area (Å²) in [5.74, 6) is 0. The molecule has 0 spiro atoms. The maximum absolute atomic E-state index is 5.76. The monoisotopic (exact) mass is 176 g/mol. The van der Waals surface area contributed by atoms with Crippen LogP contribution in [0.1, 0.15) is 5.56 Å². The zero-order valence-corrected chi connectivity index (χ0v) is 7.25. The van der Waals surface area contributed by atoms with Crippen LogP contribution in [0.5, 0.6) is 0 Å². The van der Waals surface area contributed by atoms with Crippen molar-refractivity contribution >= 4 is 16.6 Å². The number of rotatable bonds is 2. The van der Waals surface area contributed by atoms with Gasteiger partial charge in [0, 0.05) is 5.39 Å². The summed E-state index contributed by atoms with van der Waals surface area (Å²) in [6.07, 6.45) is 2.65. The average Bonchev–Trinajstić information content (AvgIpc) is 2.59. The third-order valence-electron chi connectivity index (χ3n) is 2.15. The molecule has 4 heteroatoms. The minimum atomic E-state index is 0.643. The second kappa shape index (κ2) is 3.06. The molecule has 1 heterocycles. The Bertz CT molecular complexity index is 418. The Morgan fingerprint density at radius 3 is 3.00 bits per heavy atom. The molecule has 0 aliphatic heterocycles. The highest BCUT2D eigenvalue weighted by atomic mass is 15.1. The lowest BCUT2D eigenvalue weighted by molar-refractivity contribution is 0.977. The van der Waals surface area contributed by atoms with Crippen LogP contribution < -0.4 is 11.5 Å². The lowest BCUT2D eigenvalue weighted by atomic mass is 10.1. The summed E-state index contributed by atoms with van der Waals surface area (Å²) < 4.78 is 0. The molecule has 13 heavy (non-hydrogen) atoms. The first kappa shape index (κ1) is 8.07. The molecule has 2 rings (SSSR count). The van der Waals surface area contributed by atoms with E-state index in [0.29, 0.717) is 6.54 Å². The van der Waals surface area contributed by atoms with Gasteiger partial charge in [-0.1, -0.05) is 6.07 Å². The number of nitrogens with one attached hydrogen (secondary N) is 1. The van der Waals surface area contributed by atoms with E-state index >= 15 is 0 Å². The summed E-state index contributed by atoms with van der Waals surface area (Å²) in [6, 6.07) is 3.88. The number of benzene rings is 1. The molecule has 0 amide bonds. The van der Waals surface area contributed by atoms with E-state index in [2.05, 4.69) is 10.2 Å². The number of anilines is 1. The van der Waals surface area contributed by atoms with Crippen molar-refractivity contribution < 1.29 is 0 Å². The Kier molecular flexibility index (Phi) is 1.90. The summed E-state index contributed by atoms with van der Waals surface area (Å²) in [5.41, 5.74) is 14.1. The molecule has 4 nitrogen and oxygen atoms in total. The van der Waals surface area contributed by atoms with Gasteiger partial charge in [-0.3, -0.25) is 5.10 Å². The van der Waals surface area contributed by atoms with Gasteiger partial charge < -0.3 is 11.5 Å². The molecular formula is C9H12N4. The minimum Gasteiger partial charge on any atom is -0.397 e. The fourth-order valence-corrected chi connectivity index (χ4v) is 1.49. The Morgan fingerprint density at radius 1 is 1.38 bits per heavy atom. The largest absolute Gasteiger partial charge is 0.397 e. The minimum absolute atomic E-state index is 0.643. The van der Waals surface area contributed by atoms with Crippen molar-refractivity contribution in [2.24, 2.45) is 5.73 Å². The molecule has 68 valence electrons. The van der Waals surface area contributed by atoms with Crippen molar-refractivity contribution in [2.45, 2.75) is 6.42 Å². The van der Waals surface area contributed by atoms with Crippen LogP contribution in [0.4, 0.5) is 5.69 Å². The zero-order chi connectivity index (χ0) is 9.26. The van der Waals surface area contributed by atoms with E-state index in [9.17, 15) is 0 Å². The highest BCUT2D eigenvalue weighted by Gasteiger charge is 2.04. The molecule has 0 aliphatic rings. The van der Waals surface area contributed by atoms with Crippen molar-refractivity contribution in [2.75, 3.05) is 12.3 Å². The van der Waals surface area contributed by atoms with E-state index in [1.807, 2.05) is 12.1 Å². The van der Waals surface area contributed by atoms with Crippen LogP contribution in [0.3, 0.4) is 0 Å². The fraction of sp³-hybridized carbons (Fsp3) is 0.222. The molecule has 0 saturated carbocycles. The number of hydrogen-bond acceptors (Lipinski definition) is 3. The van der Waals surface area contributed by atoms with Crippen LogP contribution >= 0.6 is 0 Å². The van der Waals surface area contributed by atoms with Crippen LogP contribution in [-0.4, -0.2) is 16.7 Å². The molecule has 1 aromatic carbocycles. The number of aromatic nitrogens is 2. The first-order chi connectivity index (χ1) is 6.33. The summed E-state index contributed by atoms with van der Waals surface area (Å²) in [4.78, 5) is 0. The predicted molar refractivity (Wildman–Crippen MR) is 53.3 cm³/mol. The van der Waals surface area contributed by atoms with Crippen LogP contribution in [0, 0.1) is 0 Å². The Balaban J connectivity index is 2.64.